The molecule has 0 saturated carbocycles. The molecular weight excluding hydrogens is 252 g/mol. The monoisotopic (exact) mass is 266 g/mol. The van der Waals surface area contributed by atoms with Gasteiger partial charge in [-0.1, -0.05) is 11.6 Å². The Morgan fingerprint density at radius 1 is 1.44 bits per heavy atom. The largest absolute Gasteiger partial charge is 0.492 e. The lowest BCUT2D eigenvalue weighted by Gasteiger charge is -2.09. The fourth-order valence-corrected chi connectivity index (χ4v) is 1.93. The first kappa shape index (κ1) is 12.9. The lowest BCUT2D eigenvalue weighted by Crippen LogP contribution is -1.95. The van der Waals surface area contributed by atoms with E-state index in [2.05, 4.69) is 4.98 Å². The molecule has 1 aromatic heterocycles. The zero-order valence-corrected chi connectivity index (χ0v) is 11.1. The van der Waals surface area contributed by atoms with Crippen molar-refractivity contribution >= 4 is 11.6 Å². The summed E-state index contributed by atoms with van der Waals surface area (Å²) in [6.45, 7) is 4.75. The molecule has 18 heavy (non-hydrogen) atoms. The summed E-state index contributed by atoms with van der Waals surface area (Å²) in [7, 11) is 0. The van der Waals surface area contributed by atoms with Gasteiger partial charge in [-0.25, -0.2) is 4.98 Å². The summed E-state index contributed by atoms with van der Waals surface area (Å²) < 4.78 is 11.0. The summed E-state index contributed by atoms with van der Waals surface area (Å²) in [6.07, 6.45) is 1.65. The second-order valence-electron chi connectivity index (χ2n) is 3.85. The predicted molar refractivity (Wildman–Crippen MR) is 70.7 cm³/mol. The zero-order valence-electron chi connectivity index (χ0n) is 10.4. The van der Waals surface area contributed by atoms with E-state index < -0.39 is 0 Å². The van der Waals surface area contributed by atoms with Crippen LogP contribution in [0.3, 0.4) is 0 Å². The van der Waals surface area contributed by atoms with E-state index >= 15 is 0 Å². The molecule has 0 spiro atoms. The van der Waals surface area contributed by atoms with Crippen molar-refractivity contribution in [1.82, 2.24) is 4.98 Å². The Morgan fingerprint density at radius 3 is 2.83 bits per heavy atom. The van der Waals surface area contributed by atoms with Gasteiger partial charge in [-0.3, -0.25) is 0 Å². The Morgan fingerprint density at radius 2 is 2.22 bits per heavy atom. The van der Waals surface area contributed by atoms with Gasteiger partial charge in [-0.05, 0) is 31.5 Å². The molecule has 0 radical (unpaired) electrons. The Labute approximate surface area is 111 Å². The lowest BCUT2D eigenvalue weighted by molar-refractivity contribution is 0.340. The van der Waals surface area contributed by atoms with E-state index in [1.807, 2.05) is 26.0 Å². The van der Waals surface area contributed by atoms with Crippen LogP contribution in [-0.4, -0.2) is 11.6 Å². The number of nitrogens with two attached hydrogens (primary N) is 1. The van der Waals surface area contributed by atoms with Crippen LogP contribution in [-0.2, 0) is 6.54 Å². The minimum absolute atomic E-state index is 0.282. The Kier molecular flexibility index (Phi) is 3.89. The Bertz CT molecular complexity index is 552. The maximum absolute atomic E-state index is 6.16. The van der Waals surface area contributed by atoms with Gasteiger partial charge in [-0.15, -0.1) is 0 Å². The SMILES string of the molecule is CCOc1cc(C)c(-c2cnc(CN)o2)cc1Cl. The molecule has 0 atom stereocenters. The molecule has 96 valence electrons. The summed E-state index contributed by atoms with van der Waals surface area (Å²) >= 11 is 6.16. The van der Waals surface area contributed by atoms with Crippen molar-refractivity contribution in [1.29, 1.82) is 0 Å². The fraction of sp³-hybridized carbons (Fsp3) is 0.308. The van der Waals surface area contributed by atoms with Gasteiger partial charge in [-0.2, -0.15) is 0 Å². The van der Waals surface area contributed by atoms with Crippen LogP contribution >= 0.6 is 11.6 Å². The number of oxazole rings is 1. The van der Waals surface area contributed by atoms with Gasteiger partial charge < -0.3 is 14.9 Å². The van der Waals surface area contributed by atoms with E-state index in [0.717, 1.165) is 11.1 Å². The van der Waals surface area contributed by atoms with E-state index in [-0.39, 0.29) is 6.54 Å². The molecule has 2 rings (SSSR count). The van der Waals surface area contributed by atoms with Crippen molar-refractivity contribution in [3.8, 4) is 17.1 Å². The second kappa shape index (κ2) is 5.42. The molecule has 0 saturated heterocycles. The van der Waals surface area contributed by atoms with Gasteiger partial charge in [0, 0.05) is 5.56 Å². The number of hydrogen-bond acceptors (Lipinski definition) is 4. The standard InChI is InChI=1S/C13H15ClN2O2/c1-3-17-11-4-8(2)9(5-10(11)14)12-7-16-13(6-15)18-12/h4-5,7H,3,6,15H2,1-2H3. The van der Waals surface area contributed by atoms with Crippen LogP contribution in [0.25, 0.3) is 11.3 Å². The molecule has 0 aliphatic carbocycles. The zero-order chi connectivity index (χ0) is 13.1. The summed E-state index contributed by atoms with van der Waals surface area (Å²) in [6, 6.07) is 3.72. The van der Waals surface area contributed by atoms with E-state index in [4.69, 9.17) is 26.5 Å². The van der Waals surface area contributed by atoms with E-state index in [9.17, 15) is 0 Å². The first-order valence-corrected chi connectivity index (χ1v) is 6.11. The summed E-state index contributed by atoms with van der Waals surface area (Å²) in [5, 5.41) is 0.558. The maximum atomic E-state index is 6.16. The smallest absolute Gasteiger partial charge is 0.208 e. The fourth-order valence-electron chi connectivity index (χ4n) is 1.72. The molecular formula is C13H15ClN2O2. The van der Waals surface area contributed by atoms with Crippen LogP contribution in [0.15, 0.2) is 22.7 Å². The van der Waals surface area contributed by atoms with Gasteiger partial charge in [0.25, 0.3) is 0 Å². The maximum Gasteiger partial charge on any atom is 0.208 e. The van der Waals surface area contributed by atoms with Gasteiger partial charge >= 0.3 is 0 Å². The number of rotatable bonds is 4. The van der Waals surface area contributed by atoms with E-state index in [1.54, 1.807) is 6.20 Å². The van der Waals surface area contributed by atoms with Gasteiger partial charge in [0.05, 0.1) is 24.4 Å². The van der Waals surface area contributed by atoms with Gasteiger partial charge in [0.15, 0.2) is 5.76 Å². The van der Waals surface area contributed by atoms with Crippen molar-refractivity contribution in [2.75, 3.05) is 6.61 Å². The van der Waals surface area contributed by atoms with Crippen LogP contribution in [0.4, 0.5) is 0 Å². The highest BCUT2D eigenvalue weighted by molar-refractivity contribution is 6.32. The van der Waals surface area contributed by atoms with Crippen LogP contribution in [0.1, 0.15) is 18.4 Å². The normalized spacial score (nSPS) is 10.7. The number of ether oxygens (including phenoxy) is 1. The molecule has 2 aromatic rings. The number of nitrogens with zero attached hydrogens (tertiary/aromatic N) is 1. The van der Waals surface area contributed by atoms with Crippen molar-refractivity contribution in [3.63, 3.8) is 0 Å². The second-order valence-corrected chi connectivity index (χ2v) is 4.26. The van der Waals surface area contributed by atoms with Crippen LogP contribution < -0.4 is 10.5 Å². The third kappa shape index (κ3) is 2.49. The van der Waals surface area contributed by atoms with Gasteiger partial charge in [0.2, 0.25) is 5.89 Å². The highest BCUT2D eigenvalue weighted by Gasteiger charge is 2.12. The highest BCUT2D eigenvalue weighted by atomic mass is 35.5. The van der Waals surface area contributed by atoms with Crippen LogP contribution in [0, 0.1) is 6.92 Å². The van der Waals surface area contributed by atoms with E-state index in [1.165, 1.54) is 0 Å². The molecule has 0 aliphatic heterocycles. The molecule has 0 amide bonds. The molecule has 4 nitrogen and oxygen atoms in total. The summed E-state index contributed by atoms with van der Waals surface area (Å²) in [4.78, 5) is 4.07. The quantitative estimate of drug-likeness (QED) is 0.923. The molecule has 1 heterocycles. The number of aromatic nitrogens is 1. The topological polar surface area (TPSA) is 61.3 Å². The minimum atomic E-state index is 0.282. The average Bonchev–Trinajstić information content (AvgIpc) is 2.82. The Hall–Kier alpha value is -1.52. The predicted octanol–water partition coefficient (Wildman–Crippen LogP) is 3.16. The van der Waals surface area contributed by atoms with Crippen LogP contribution in [0.5, 0.6) is 5.75 Å². The van der Waals surface area contributed by atoms with Crippen molar-refractivity contribution in [3.05, 3.63) is 34.8 Å². The lowest BCUT2D eigenvalue weighted by atomic mass is 10.1. The average molecular weight is 267 g/mol. The Balaban J connectivity index is 2.42. The molecule has 2 N–H and O–H groups in total. The summed E-state index contributed by atoms with van der Waals surface area (Å²) in [5.41, 5.74) is 7.39. The molecule has 1 aromatic carbocycles. The van der Waals surface area contributed by atoms with E-state index in [0.29, 0.717) is 29.0 Å². The summed E-state index contributed by atoms with van der Waals surface area (Å²) in [5.74, 6) is 1.85. The molecule has 0 bridgehead atoms. The number of halogens is 1. The number of benzene rings is 1. The first-order chi connectivity index (χ1) is 8.65. The van der Waals surface area contributed by atoms with Crippen LogP contribution in [0.2, 0.25) is 5.02 Å². The molecule has 0 fully saturated rings. The number of aryl methyl sites for hydroxylation is 1. The molecule has 0 aliphatic rings. The first-order valence-electron chi connectivity index (χ1n) is 5.73. The highest BCUT2D eigenvalue weighted by Crippen LogP contribution is 2.33. The van der Waals surface area contributed by atoms with Crippen molar-refractivity contribution < 1.29 is 9.15 Å². The molecule has 5 heteroatoms. The van der Waals surface area contributed by atoms with Crippen molar-refractivity contribution in [2.24, 2.45) is 5.73 Å². The van der Waals surface area contributed by atoms with Gasteiger partial charge in [0.1, 0.15) is 5.75 Å². The van der Waals surface area contributed by atoms with Crippen molar-refractivity contribution in [2.45, 2.75) is 20.4 Å². The third-order valence-electron chi connectivity index (χ3n) is 2.57. The number of hydrogen-bond donors (Lipinski definition) is 1. The third-order valence-corrected chi connectivity index (χ3v) is 2.87. The molecule has 0 unspecified atom stereocenters. The minimum Gasteiger partial charge on any atom is -0.492 e.